The van der Waals surface area contributed by atoms with Gasteiger partial charge in [0.25, 0.3) is 0 Å². The number of aliphatic hydroxyl groups excluding tert-OH is 1. The number of carbonyl (C=O) groups excluding carboxylic acids is 1. The van der Waals surface area contributed by atoms with Gasteiger partial charge in [-0.15, -0.1) is 5.54 Å². The average Bonchev–Trinajstić information content (AvgIpc) is 3.02. The molecule has 1 aromatic heterocycles. The van der Waals surface area contributed by atoms with Gasteiger partial charge < -0.3 is 14.9 Å². The van der Waals surface area contributed by atoms with Crippen molar-refractivity contribution in [3.05, 3.63) is 23.9 Å². The number of piperidine rings is 1. The predicted octanol–water partition coefficient (Wildman–Crippen LogP) is 3.43. The minimum Gasteiger partial charge on any atom is -0.393 e. The summed E-state index contributed by atoms with van der Waals surface area (Å²) in [5, 5.41) is 9.83. The number of likely N-dealkylation sites (tertiary alicyclic amines) is 1. The molecule has 2 aliphatic heterocycles. The van der Waals surface area contributed by atoms with E-state index in [4.69, 9.17) is 0 Å². The van der Waals surface area contributed by atoms with Gasteiger partial charge in [-0.2, -0.15) is 0 Å². The summed E-state index contributed by atoms with van der Waals surface area (Å²) in [4.78, 5) is 22.7. The van der Waals surface area contributed by atoms with E-state index in [9.17, 15) is 9.90 Å². The molecule has 30 heavy (non-hydrogen) atoms. The lowest BCUT2D eigenvalue weighted by molar-refractivity contribution is -0.139. The monoisotopic (exact) mass is 425 g/mol. The van der Waals surface area contributed by atoms with Crippen LogP contribution in [0, 0.1) is 16.9 Å². The van der Waals surface area contributed by atoms with E-state index >= 15 is 0 Å². The predicted molar refractivity (Wildman–Crippen MR) is 123 cm³/mol. The van der Waals surface area contributed by atoms with Crippen LogP contribution < -0.4 is 4.90 Å². The van der Waals surface area contributed by atoms with Gasteiger partial charge in [0.2, 0.25) is 5.91 Å². The van der Waals surface area contributed by atoms with E-state index in [2.05, 4.69) is 52.0 Å². The van der Waals surface area contributed by atoms with E-state index in [0.29, 0.717) is 11.9 Å². The Kier molecular flexibility index (Phi) is 5.96. The Morgan fingerprint density at radius 1 is 1.17 bits per heavy atom. The van der Waals surface area contributed by atoms with Crippen LogP contribution in [0.5, 0.6) is 0 Å². The second kappa shape index (κ2) is 8.36. The number of aliphatic hydroxyl groups is 1. The fraction of sp³-hybridized carbons (Fsp3) is 0.667. The number of anilines is 1. The Bertz CT molecular complexity index is 848. The largest absolute Gasteiger partial charge is 0.393 e. The van der Waals surface area contributed by atoms with Gasteiger partial charge in [0.1, 0.15) is 13.9 Å². The molecule has 3 aliphatic rings. The lowest BCUT2D eigenvalue weighted by Gasteiger charge is -2.41. The van der Waals surface area contributed by atoms with Gasteiger partial charge >= 0.3 is 0 Å². The minimum absolute atomic E-state index is 0.182. The highest BCUT2D eigenvalue weighted by Gasteiger charge is 2.50. The van der Waals surface area contributed by atoms with Crippen molar-refractivity contribution in [2.24, 2.45) is 5.41 Å². The van der Waals surface area contributed by atoms with Crippen molar-refractivity contribution in [1.82, 2.24) is 9.88 Å². The molecular formula is C24H35N3O2Si. The summed E-state index contributed by atoms with van der Waals surface area (Å²) >= 11 is 0. The van der Waals surface area contributed by atoms with Crippen LogP contribution in [0.4, 0.5) is 5.82 Å². The molecule has 0 aromatic carbocycles. The minimum atomic E-state index is -1.47. The smallest absolute Gasteiger partial charge is 0.230 e. The summed E-state index contributed by atoms with van der Waals surface area (Å²) < 4.78 is 0. The summed E-state index contributed by atoms with van der Waals surface area (Å²) in [6, 6.07) is 4.33. The van der Waals surface area contributed by atoms with Crippen LogP contribution in [0.3, 0.4) is 0 Å². The summed E-state index contributed by atoms with van der Waals surface area (Å²) in [5.41, 5.74) is 4.17. The fourth-order valence-electron chi connectivity index (χ4n) is 5.26. The summed E-state index contributed by atoms with van der Waals surface area (Å²) in [5.74, 6) is 4.67. The first-order valence-electron chi connectivity index (χ1n) is 11.5. The molecule has 1 saturated carbocycles. The Balaban J connectivity index is 1.53. The van der Waals surface area contributed by atoms with Crippen molar-refractivity contribution in [3.63, 3.8) is 0 Å². The van der Waals surface area contributed by atoms with E-state index < -0.39 is 8.07 Å². The third-order valence-corrected chi connectivity index (χ3v) is 7.76. The molecule has 162 valence electrons. The van der Waals surface area contributed by atoms with Gasteiger partial charge in [-0.25, -0.2) is 4.98 Å². The first-order valence-corrected chi connectivity index (χ1v) is 15.0. The molecule has 0 bridgehead atoms. The highest BCUT2D eigenvalue weighted by Crippen LogP contribution is 2.43. The molecule has 2 saturated heterocycles. The maximum absolute atomic E-state index is 13.6. The van der Waals surface area contributed by atoms with Gasteiger partial charge in [-0.05, 0) is 57.1 Å². The Morgan fingerprint density at radius 3 is 2.67 bits per heavy atom. The summed E-state index contributed by atoms with van der Waals surface area (Å²) in [6.45, 7) is 9.30. The highest BCUT2D eigenvalue weighted by atomic mass is 28.3. The van der Waals surface area contributed by atoms with Crippen LogP contribution in [0.15, 0.2) is 18.3 Å². The molecule has 1 atom stereocenters. The number of nitrogens with zero attached hydrogens (tertiary/aromatic N) is 3. The van der Waals surface area contributed by atoms with Crippen molar-refractivity contribution in [3.8, 4) is 11.5 Å². The molecule has 3 fully saturated rings. The van der Waals surface area contributed by atoms with E-state index in [1.165, 1.54) is 0 Å². The van der Waals surface area contributed by atoms with E-state index in [-0.39, 0.29) is 11.5 Å². The summed E-state index contributed by atoms with van der Waals surface area (Å²) in [7, 11) is -1.47. The molecule has 1 amide bonds. The highest BCUT2D eigenvalue weighted by molar-refractivity contribution is 6.83. The first-order chi connectivity index (χ1) is 14.3. The number of amides is 1. The SMILES string of the molecule is C[Si](C)(C)C#Cc1cccnc1N1CCC[C@]2(CCN([C@H]3CC[C@H](O)CC3)C2=O)C1. The molecule has 3 heterocycles. The zero-order valence-corrected chi connectivity index (χ0v) is 19.7. The van der Waals surface area contributed by atoms with Gasteiger partial charge in [-0.3, -0.25) is 4.79 Å². The standard InChI is InChI=1S/C24H35N3O2Si/c1-30(2,3)17-11-19-6-4-14-25-22(19)26-15-5-12-24(18-26)13-16-27(23(24)29)20-7-9-21(28)10-8-20/h4,6,14,20-21,28H,5,7-10,12-13,15-16,18H2,1-3H3/t20-,21-,24-/m0/s1. The zero-order chi connectivity index (χ0) is 21.4. The summed E-state index contributed by atoms with van der Waals surface area (Å²) in [6.07, 6.45) is 8.08. The normalized spacial score (nSPS) is 29.8. The van der Waals surface area contributed by atoms with Crippen molar-refractivity contribution < 1.29 is 9.90 Å². The van der Waals surface area contributed by atoms with Crippen LogP contribution in [0.1, 0.15) is 50.5 Å². The van der Waals surface area contributed by atoms with Gasteiger partial charge in [-0.1, -0.05) is 25.6 Å². The fourth-order valence-corrected chi connectivity index (χ4v) is 5.77. The number of aromatic nitrogens is 1. The average molecular weight is 426 g/mol. The second-order valence-corrected chi connectivity index (χ2v) is 15.1. The van der Waals surface area contributed by atoms with Crippen molar-refractivity contribution in [2.45, 2.75) is 76.7 Å². The third kappa shape index (κ3) is 4.43. The maximum Gasteiger partial charge on any atom is 0.230 e. The Morgan fingerprint density at radius 2 is 1.93 bits per heavy atom. The molecule has 1 aliphatic carbocycles. The van der Waals surface area contributed by atoms with E-state index in [1.807, 2.05) is 12.3 Å². The van der Waals surface area contributed by atoms with Gasteiger partial charge in [0, 0.05) is 31.9 Å². The van der Waals surface area contributed by atoms with Crippen molar-refractivity contribution in [2.75, 3.05) is 24.5 Å². The van der Waals surface area contributed by atoms with Crippen LogP contribution in [-0.4, -0.2) is 60.8 Å². The van der Waals surface area contributed by atoms with Gasteiger partial charge in [0.05, 0.1) is 17.1 Å². The number of hydrogen-bond acceptors (Lipinski definition) is 4. The first kappa shape index (κ1) is 21.4. The molecule has 1 N–H and O–H groups in total. The second-order valence-electron chi connectivity index (χ2n) is 10.4. The number of carbonyl (C=O) groups is 1. The van der Waals surface area contributed by atoms with Gasteiger partial charge in [0.15, 0.2) is 0 Å². The van der Waals surface area contributed by atoms with Crippen LogP contribution in [0.25, 0.3) is 0 Å². The van der Waals surface area contributed by atoms with Crippen molar-refractivity contribution >= 4 is 19.8 Å². The molecule has 4 rings (SSSR count). The molecular weight excluding hydrogens is 390 g/mol. The molecule has 1 spiro atoms. The van der Waals surface area contributed by atoms with Crippen LogP contribution >= 0.6 is 0 Å². The van der Waals surface area contributed by atoms with Crippen LogP contribution in [-0.2, 0) is 4.79 Å². The molecule has 6 heteroatoms. The lowest BCUT2D eigenvalue weighted by atomic mass is 9.78. The van der Waals surface area contributed by atoms with Crippen LogP contribution in [0.2, 0.25) is 19.6 Å². The molecule has 0 radical (unpaired) electrons. The Hall–Kier alpha value is -1.84. The molecule has 0 unspecified atom stereocenters. The lowest BCUT2D eigenvalue weighted by Crippen LogP contribution is -2.50. The van der Waals surface area contributed by atoms with Crippen molar-refractivity contribution in [1.29, 1.82) is 0 Å². The molecule has 5 nitrogen and oxygen atoms in total. The Labute approximate surface area is 181 Å². The maximum atomic E-state index is 13.6. The number of hydrogen-bond donors (Lipinski definition) is 1. The molecule has 1 aromatic rings. The van der Waals surface area contributed by atoms with E-state index in [1.54, 1.807) is 0 Å². The zero-order valence-electron chi connectivity index (χ0n) is 18.7. The quantitative estimate of drug-likeness (QED) is 0.583. The topological polar surface area (TPSA) is 56.7 Å². The number of pyridine rings is 1. The van der Waals surface area contributed by atoms with E-state index in [0.717, 1.165) is 76.0 Å². The third-order valence-electron chi connectivity index (χ3n) is 6.89. The number of rotatable bonds is 2.